The number of likely N-dealkylation sites (tertiary alicyclic amines) is 1. The van der Waals surface area contributed by atoms with Gasteiger partial charge in [-0.25, -0.2) is 4.79 Å². The van der Waals surface area contributed by atoms with Gasteiger partial charge in [0.25, 0.3) is 23.6 Å². The molecule has 0 saturated carbocycles. The van der Waals surface area contributed by atoms with Gasteiger partial charge in [-0.2, -0.15) is 0 Å². The Morgan fingerprint density at radius 1 is 1.05 bits per heavy atom. The summed E-state index contributed by atoms with van der Waals surface area (Å²) < 4.78 is 0. The third kappa shape index (κ3) is 2.27. The molecule has 0 spiro atoms. The number of allylic oxidation sites excluding steroid dienone is 3. The third-order valence-corrected chi connectivity index (χ3v) is 2.93. The number of hydrogen-bond donors (Lipinski definition) is 2. The number of hydrogen-bond acceptors (Lipinski definition) is 5. The van der Waals surface area contributed by atoms with Crippen molar-refractivity contribution in [1.29, 1.82) is 0 Å². The first-order valence-corrected chi connectivity index (χ1v) is 5.94. The first-order valence-electron chi connectivity index (χ1n) is 5.94. The van der Waals surface area contributed by atoms with E-state index in [-0.39, 0.29) is 11.1 Å². The molecule has 0 aromatic heterocycles. The van der Waals surface area contributed by atoms with E-state index >= 15 is 0 Å². The minimum absolute atomic E-state index is 0.00407. The quantitative estimate of drug-likeness (QED) is 0.390. The Morgan fingerprint density at radius 3 is 2.14 bits per heavy atom. The number of barbiturate groups is 1. The summed E-state index contributed by atoms with van der Waals surface area (Å²) in [6.45, 7) is 5.20. The Bertz CT molecular complexity index is 639. The Hall–Kier alpha value is -3.03. The van der Waals surface area contributed by atoms with Gasteiger partial charge >= 0.3 is 6.03 Å². The Morgan fingerprint density at radius 2 is 1.62 bits per heavy atom. The average molecular weight is 289 g/mol. The second kappa shape index (κ2) is 5.16. The predicted octanol–water partition coefficient (Wildman–Crippen LogP) is -0.852. The maximum absolute atomic E-state index is 12.2. The van der Waals surface area contributed by atoms with Gasteiger partial charge in [0.1, 0.15) is 0 Å². The van der Waals surface area contributed by atoms with Crippen molar-refractivity contribution < 1.29 is 24.0 Å². The van der Waals surface area contributed by atoms with Gasteiger partial charge in [0, 0.05) is 5.57 Å². The van der Waals surface area contributed by atoms with E-state index in [0.29, 0.717) is 4.90 Å². The van der Waals surface area contributed by atoms with Crippen LogP contribution in [-0.4, -0.2) is 40.6 Å². The zero-order valence-electron chi connectivity index (χ0n) is 11.0. The number of nitrogens with one attached hydrogen (secondary N) is 2. The minimum atomic E-state index is -1.73. The molecule has 2 N–H and O–H groups in total. The van der Waals surface area contributed by atoms with Gasteiger partial charge in [0.15, 0.2) is 6.04 Å². The summed E-state index contributed by atoms with van der Waals surface area (Å²) in [6, 6.07) is -2.72. The summed E-state index contributed by atoms with van der Waals surface area (Å²) in [5.41, 5.74) is -0.119. The van der Waals surface area contributed by atoms with E-state index in [9.17, 15) is 24.0 Å². The van der Waals surface area contributed by atoms with E-state index in [2.05, 4.69) is 6.58 Å². The first-order chi connectivity index (χ1) is 9.88. The maximum Gasteiger partial charge on any atom is 0.328 e. The molecule has 21 heavy (non-hydrogen) atoms. The number of imide groups is 3. The molecule has 8 heteroatoms. The van der Waals surface area contributed by atoms with Gasteiger partial charge < -0.3 is 0 Å². The topological polar surface area (TPSA) is 113 Å². The fourth-order valence-corrected chi connectivity index (χ4v) is 1.96. The van der Waals surface area contributed by atoms with Crippen LogP contribution in [0.3, 0.4) is 0 Å². The molecule has 0 aliphatic carbocycles. The van der Waals surface area contributed by atoms with Crippen LogP contribution >= 0.6 is 0 Å². The number of rotatable bonds is 2. The molecule has 2 aliphatic heterocycles. The summed E-state index contributed by atoms with van der Waals surface area (Å²) in [4.78, 5) is 59.2. The van der Waals surface area contributed by atoms with E-state index in [4.69, 9.17) is 0 Å². The number of urea groups is 1. The molecule has 0 aromatic carbocycles. The van der Waals surface area contributed by atoms with Crippen molar-refractivity contribution in [2.75, 3.05) is 0 Å². The van der Waals surface area contributed by atoms with Gasteiger partial charge in [-0.1, -0.05) is 18.7 Å². The molecule has 0 radical (unpaired) electrons. The van der Waals surface area contributed by atoms with Crippen molar-refractivity contribution in [3.05, 3.63) is 36.0 Å². The summed E-state index contributed by atoms with van der Waals surface area (Å²) in [5, 5.41) is 3.66. The molecule has 0 unspecified atom stereocenters. The fraction of sp³-hybridized carbons (Fsp3) is 0.154. The lowest BCUT2D eigenvalue weighted by molar-refractivity contribution is -0.151. The number of carbonyl (C=O) groups excluding carboxylic acids is 5. The van der Waals surface area contributed by atoms with Crippen LogP contribution in [0.2, 0.25) is 0 Å². The van der Waals surface area contributed by atoms with Crippen LogP contribution in [0.1, 0.15) is 6.92 Å². The van der Waals surface area contributed by atoms with Crippen molar-refractivity contribution in [3.63, 3.8) is 0 Å². The molecule has 6 amide bonds. The molecule has 2 rings (SSSR count). The summed E-state index contributed by atoms with van der Waals surface area (Å²) in [7, 11) is 0. The lowest BCUT2D eigenvalue weighted by Crippen LogP contribution is -2.65. The van der Waals surface area contributed by atoms with Crippen LogP contribution in [0.25, 0.3) is 0 Å². The highest BCUT2D eigenvalue weighted by molar-refractivity contribution is 6.30. The monoisotopic (exact) mass is 289 g/mol. The number of nitrogens with zero attached hydrogens (tertiary/aromatic N) is 1. The van der Waals surface area contributed by atoms with E-state index in [1.807, 2.05) is 10.6 Å². The Kier molecular flexibility index (Phi) is 3.53. The molecule has 0 atom stereocenters. The average Bonchev–Trinajstić information content (AvgIpc) is 2.60. The van der Waals surface area contributed by atoms with Gasteiger partial charge in [-0.3, -0.25) is 34.7 Å². The second-order valence-electron chi connectivity index (χ2n) is 4.28. The van der Waals surface area contributed by atoms with E-state index in [0.717, 1.165) is 0 Å². The molecule has 2 heterocycles. The molecule has 2 fully saturated rings. The standard InChI is InChI=1S/C13H11N3O5/c1-3-4-5-7-6(2)11(19)16(12(7)20)8-9(17)14-13(21)15-10(8)18/h3-5,8H,2H2,1H3,(H2,14,15,17,18,21)/b4-3-,7-5+. The Balaban J connectivity index is 2.41. The summed E-state index contributed by atoms with van der Waals surface area (Å²) in [5.74, 6) is -3.73. The highest BCUT2D eigenvalue weighted by Crippen LogP contribution is 2.26. The SMILES string of the molecule is C=C1C(=O)N(C2C(=O)NC(=O)NC2=O)C(=O)/C1=C/C=C\C. The van der Waals surface area contributed by atoms with Gasteiger partial charge in [-0.15, -0.1) is 0 Å². The molecule has 2 saturated heterocycles. The van der Waals surface area contributed by atoms with Crippen molar-refractivity contribution in [1.82, 2.24) is 15.5 Å². The normalized spacial score (nSPS) is 22.5. The van der Waals surface area contributed by atoms with Crippen LogP contribution in [0.5, 0.6) is 0 Å². The highest BCUT2D eigenvalue weighted by atomic mass is 16.2. The van der Waals surface area contributed by atoms with E-state index in [1.54, 1.807) is 13.0 Å². The number of amides is 6. The zero-order chi connectivity index (χ0) is 15.7. The Labute approximate surface area is 119 Å². The fourth-order valence-electron chi connectivity index (χ4n) is 1.96. The molecule has 108 valence electrons. The van der Waals surface area contributed by atoms with Crippen molar-refractivity contribution in [3.8, 4) is 0 Å². The van der Waals surface area contributed by atoms with Gasteiger partial charge in [0.2, 0.25) is 0 Å². The van der Waals surface area contributed by atoms with Crippen molar-refractivity contribution in [2.24, 2.45) is 0 Å². The molecule has 0 aromatic rings. The highest BCUT2D eigenvalue weighted by Gasteiger charge is 2.49. The lowest BCUT2D eigenvalue weighted by Gasteiger charge is -2.26. The predicted molar refractivity (Wildman–Crippen MR) is 69.4 cm³/mol. The van der Waals surface area contributed by atoms with Crippen molar-refractivity contribution >= 4 is 29.7 Å². The van der Waals surface area contributed by atoms with Crippen LogP contribution in [0.4, 0.5) is 4.79 Å². The molecule has 8 nitrogen and oxygen atoms in total. The lowest BCUT2D eigenvalue weighted by atomic mass is 10.1. The van der Waals surface area contributed by atoms with Crippen LogP contribution in [-0.2, 0) is 19.2 Å². The zero-order valence-corrected chi connectivity index (χ0v) is 11.0. The molecular weight excluding hydrogens is 278 g/mol. The number of carbonyl (C=O) groups is 5. The summed E-state index contributed by atoms with van der Waals surface area (Å²) in [6.07, 6.45) is 4.53. The smallest absolute Gasteiger partial charge is 0.275 e. The van der Waals surface area contributed by atoms with E-state index in [1.165, 1.54) is 12.2 Å². The molecule has 0 bridgehead atoms. The molecular formula is C13H11N3O5. The maximum atomic E-state index is 12.2. The summed E-state index contributed by atoms with van der Waals surface area (Å²) >= 11 is 0. The van der Waals surface area contributed by atoms with Crippen LogP contribution in [0, 0.1) is 0 Å². The van der Waals surface area contributed by atoms with Gasteiger partial charge in [-0.05, 0) is 13.0 Å². The second-order valence-corrected chi connectivity index (χ2v) is 4.28. The van der Waals surface area contributed by atoms with Crippen LogP contribution in [0.15, 0.2) is 36.0 Å². The largest absolute Gasteiger partial charge is 0.328 e. The third-order valence-electron chi connectivity index (χ3n) is 2.93. The van der Waals surface area contributed by atoms with E-state index < -0.39 is 35.7 Å². The molecule has 2 aliphatic rings. The van der Waals surface area contributed by atoms with Crippen LogP contribution < -0.4 is 10.6 Å². The van der Waals surface area contributed by atoms with Crippen molar-refractivity contribution in [2.45, 2.75) is 13.0 Å². The first kappa shape index (κ1) is 14.4. The van der Waals surface area contributed by atoms with Gasteiger partial charge in [0.05, 0.1) is 5.57 Å². The minimum Gasteiger partial charge on any atom is -0.275 e.